The van der Waals surface area contributed by atoms with Crippen molar-refractivity contribution in [1.82, 2.24) is 0 Å². The number of halogens is 2. The fourth-order valence-electron chi connectivity index (χ4n) is 7.42. The molecule has 57 heavy (non-hydrogen) atoms. The average molecular weight is 865 g/mol. The Kier molecular flexibility index (Phi) is 16.1. The molecule has 0 spiro atoms. The summed E-state index contributed by atoms with van der Waals surface area (Å²) < 4.78 is 1.51. The summed E-state index contributed by atoms with van der Waals surface area (Å²) >= 11 is 1.50. The molecule has 1 aliphatic carbocycles. The van der Waals surface area contributed by atoms with Gasteiger partial charge in [-0.1, -0.05) is 102 Å². The second kappa shape index (κ2) is 20.1. The monoisotopic (exact) mass is 862 g/mol. The molecule has 0 amide bonds. The fraction of sp³-hybridized carbons (Fsp3) is 0.222. The van der Waals surface area contributed by atoms with Gasteiger partial charge in [-0.15, -0.1) is 46.2 Å². The molecule has 8 rings (SSSR count). The Morgan fingerprint density at radius 1 is 0.579 bits per heavy atom. The Morgan fingerprint density at radius 2 is 1.02 bits per heavy atom. The van der Waals surface area contributed by atoms with E-state index in [1.54, 1.807) is 0 Å². The van der Waals surface area contributed by atoms with E-state index in [1.165, 1.54) is 105 Å². The fourth-order valence-corrected chi connectivity index (χ4v) is 8.34. The van der Waals surface area contributed by atoms with Crippen LogP contribution in [-0.4, -0.2) is 3.21 Å². The molecule has 0 nitrogen and oxygen atoms in total. The van der Waals surface area contributed by atoms with Gasteiger partial charge in [0, 0.05) is 0 Å². The van der Waals surface area contributed by atoms with E-state index in [0.29, 0.717) is 0 Å². The summed E-state index contributed by atoms with van der Waals surface area (Å²) in [5.41, 5.74) is 13.7. The van der Waals surface area contributed by atoms with Crippen LogP contribution in [0.3, 0.4) is 0 Å². The Balaban J connectivity index is 0.000000270. The normalized spacial score (nSPS) is 11.9. The number of aryl methyl sites for hydroxylation is 2. The molecule has 0 heterocycles. The van der Waals surface area contributed by atoms with Crippen LogP contribution < -0.4 is 24.8 Å². The van der Waals surface area contributed by atoms with Crippen molar-refractivity contribution >= 4 is 24.8 Å². The molecule has 0 bridgehead atoms. The number of benzene rings is 6. The first kappa shape index (κ1) is 45.7. The van der Waals surface area contributed by atoms with Gasteiger partial charge in [0.15, 0.2) is 0 Å². The molecule has 0 unspecified atom stereocenters. The van der Waals surface area contributed by atoms with Crippen LogP contribution in [0.5, 0.6) is 0 Å². The van der Waals surface area contributed by atoms with Crippen molar-refractivity contribution in [2.45, 2.75) is 79.1 Å². The summed E-state index contributed by atoms with van der Waals surface area (Å²) in [6, 6.07) is 51.0. The van der Waals surface area contributed by atoms with Crippen molar-refractivity contribution in [3.63, 3.8) is 0 Å². The van der Waals surface area contributed by atoms with Gasteiger partial charge in [-0.05, 0) is 69.2 Å². The van der Waals surface area contributed by atoms with E-state index >= 15 is 0 Å². The number of allylic oxidation sites excluding steroid dienone is 4. The predicted molar refractivity (Wildman–Crippen MR) is 237 cm³/mol. The third-order valence-electron chi connectivity index (χ3n) is 10.4. The van der Waals surface area contributed by atoms with E-state index in [4.69, 9.17) is 0 Å². The maximum atomic E-state index is 2.99. The van der Waals surface area contributed by atoms with Crippen LogP contribution in [0.1, 0.15) is 81.3 Å². The maximum absolute atomic E-state index is 2.99. The number of rotatable bonds is 5. The van der Waals surface area contributed by atoms with Gasteiger partial charge in [0.25, 0.3) is 0 Å². The Labute approximate surface area is 369 Å². The van der Waals surface area contributed by atoms with Gasteiger partial charge in [-0.3, -0.25) is 6.08 Å². The predicted octanol–water partition coefficient (Wildman–Crippen LogP) is 8.57. The van der Waals surface area contributed by atoms with Crippen LogP contribution in [-0.2, 0) is 41.5 Å². The molecule has 7 aromatic carbocycles. The molecule has 0 saturated carbocycles. The molecule has 0 radical (unpaired) electrons. The molecule has 0 aliphatic heterocycles. The van der Waals surface area contributed by atoms with E-state index < -0.39 is 0 Å². The molecule has 0 N–H and O–H groups in total. The third-order valence-corrected chi connectivity index (χ3v) is 11.5. The molecule has 0 saturated heterocycles. The van der Waals surface area contributed by atoms with Gasteiger partial charge in [-0.2, -0.15) is 6.08 Å². The summed E-state index contributed by atoms with van der Waals surface area (Å²) in [6.45, 7) is 18.4. The SMILES string of the molecule is Cc1ccccc1-c1cc2[cH-]c3cc(-c4ccccc4C)c(C(C)(C)C)cc3c2cc1C(C)(C)C.[C-]1=CC=CC1.[Cl-].[Cl-].[Zr+2]=[C](Cc1ccccc1)c1ccccc1. The first-order valence-corrected chi connectivity index (χ1v) is 20.8. The van der Waals surface area contributed by atoms with Crippen molar-refractivity contribution in [3.05, 3.63) is 197 Å². The molecule has 1 aliphatic rings. The van der Waals surface area contributed by atoms with Gasteiger partial charge in [0.05, 0.1) is 0 Å². The summed E-state index contributed by atoms with van der Waals surface area (Å²) in [7, 11) is 0. The number of hydrogen-bond acceptors (Lipinski definition) is 0. The summed E-state index contributed by atoms with van der Waals surface area (Å²) in [4.78, 5) is 0. The van der Waals surface area contributed by atoms with Crippen molar-refractivity contribution in [3.8, 4) is 22.3 Å². The standard InChI is InChI=1S/C35H37.C14H12.C5H5.2ClH.Zr/c1-22-13-9-11-15-26(22)30-18-24-17-25-19-31(27-16-12-10-14-23(27)2)33(35(6,7)8)21-29(25)28(24)20-32(30)34(3,4)5;1-3-7-13(8-4-1)11-12-14-9-5-2-6-10-14;1-2-4-5-3-1;;;/h9-21H,1-8H3;1-10H,11H2;1-3H,4H2;2*1H;/q-1;;-1;;;+2/p-2. The van der Waals surface area contributed by atoms with E-state index in [0.717, 1.165) is 12.8 Å². The van der Waals surface area contributed by atoms with Crippen LogP contribution >= 0.6 is 0 Å². The van der Waals surface area contributed by atoms with E-state index in [1.807, 2.05) is 12.2 Å². The van der Waals surface area contributed by atoms with Gasteiger partial charge in [0.1, 0.15) is 0 Å². The Bertz CT molecular complexity index is 2340. The molecule has 3 heteroatoms. The Morgan fingerprint density at radius 3 is 1.40 bits per heavy atom. The summed E-state index contributed by atoms with van der Waals surface area (Å²) in [5, 5.41) is 5.38. The van der Waals surface area contributed by atoms with Crippen LogP contribution in [0.4, 0.5) is 0 Å². The second-order valence-corrected chi connectivity index (χ2v) is 18.2. The zero-order valence-electron chi connectivity index (χ0n) is 34.7. The molecular weight excluding hydrogens is 811 g/mol. The topological polar surface area (TPSA) is 0 Å². The van der Waals surface area contributed by atoms with Crippen LogP contribution in [0.2, 0.25) is 0 Å². The zero-order valence-corrected chi connectivity index (χ0v) is 38.7. The van der Waals surface area contributed by atoms with Crippen LogP contribution in [0.25, 0.3) is 43.8 Å². The van der Waals surface area contributed by atoms with E-state index in [9.17, 15) is 0 Å². The Hall–Kier alpha value is -4.00. The van der Waals surface area contributed by atoms with Gasteiger partial charge in [-0.25, -0.2) is 12.2 Å². The molecule has 290 valence electrons. The van der Waals surface area contributed by atoms with E-state index in [2.05, 4.69) is 207 Å². The van der Waals surface area contributed by atoms with Crippen molar-refractivity contribution in [1.29, 1.82) is 0 Å². The summed E-state index contributed by atoms with van der Waals surface area (Å²) in [6.07, 6.45) is 11.1. The van der Waals surface area contributed by atoms with Crippen LogP contribution in [0.15, 0.2) is 158 Å². The molecule has 7 aromatic rings. The van der Waals surface area contributed by atoms with Crippen molar-refractivity contribution in [2.75, 3.05) is 0 Å². The average Bonchev–Trinajstić information content (AvgIpc) is 3.87. The first-order chi connectivity index (χ1) is 26.3. The third kappa shape index (κ3) is 11.4. The first-order valence-electron chi connectivity index (χ1n) is 19.5. The zero-order chi connectivity index (χ0) is 39.2. The van der Waals surface area contributed by atoms with Crippen molar-refractivity contribution < 1.29 is 49.0 Å². The second-order valence-electron chi connectivity index (χ2n) is 16.8. The molecule has 0 atom stereocenters. The minimum atomic E-state index is 0. The number of hydrogen-bond donors (Lipinski definition) is 0. The number of fused-ring (bicyclic) bond motifs is 3. The van der Waals surface area contributed by atoms with Gasteiger partial charge in [0.2, 0.25) is 0 Å². The van der Waals surface area contributed by atoms with Crippen molar-refractivity contribution in [2.24, 2.45) is 0 Å². The minimum absolute atomic E-state index is 0. The van der Waals surface area contributed by atoms with Gasteiger partial charge >= 0.3 is 106 Å². The summed E-state index contributed by atoms with van der Waals surface area (Å²) in [5.74, 6) is 0. The van der Waals surface area contributed by atoms with Gasteiger partial charge < -0.3 is 24.8 Å². The molecular formula is C54H54Cl2Zr-2. The van der Waals surface area contributed by atoms with Crippen LogP contribution in [0, 0.1) is 19.9 Å². The molecule has 0 fully saturated rings. The van der Waals surface area contributed by atoms with E-state index in [-0.39, 0.29) is 35.6 Å². The quantitative estimate of drug-likeness (QED) is 0.152. The molecule has 0 aromatic heterocycles.